The second-order valence-corrected chi connectivity index (χ2v) is 12.9. The minimum atomic E-state index is -4.19. The van der Waals surface area contributed by atoms with E-state index in [0.717, 1.165) is 15.4 Å². The molecule has 1 atom stereocenters. The molecular weight excluding hydrogens is 582 g/mol. The maximum atomic E-state index is 14.4. The second-order valence-electron chi connectivity index (χ2n) is 10.6. The summed E-state index contributed by atoms with van der Waals surface area (Å²) < 4.78 is 29.3. The highest BCUT2D eigenvalue weighted by Gasteiger charge is 2.35. The number of sulfonamides is 1. The van der Waals surface area contributed by atoms with Crippen LogP contribution in [0.5, 0.6) is 0 Å². The number of rotatable bonds is 12. The number of hydrogen-bond acceptors (Lipinski definition) is 4. The van der Waals surface area contributed by atoms with Crippen LogP contribution in [0.2, 0.25) is 5.02 Å². The number of nitrogens with zero attached hydrogens (tertiary/aromatic N) is 2. The van der Waals surface area contributed by atoms with Crippen molar-refractivity contribution in [3.8, 4) is 0 Å². The Morgan fingerprint density at radius 3 is 1.93 bits per heavy atom. The number of nitrogens with one attached hydrogen (secondary N) is 1. The van der Waals surface area contributed by atoms with Crippen LogP contribution in [0, 0.1) is 6.92 Å². The molecule has 4 rings (SSSR count). The van der Waals surface area contributed by atoms with Gasteiger partial charge in [-0.05, 0) is 61.7 Å². The summed E-state index contributed by atoms with van der Waals surface area (Å²) in [5, 5.41) is 3.33. The van der Waals surface area contributed by atoms with Crippen molar-refractivity contribution in [2.24, 2.45) is 0 Å². The van der Waals surface area contributed by atoms with Gasteiger partial charge >= 0.3 is 0 Å². The lowest BCUT2D eigenvalue weighted by Crippen LogP contribution is -2.54. The van der Waals surface area contributed by atoms with Gasteiger partial charge in [0.25, 0.3) is 10.0 Å². The Bertz CT molecular complexity index is 1630. The molecule has 224 valence electrons. The first-order valence-electron chi connectivity index (χ1n) is 14.1. The van der Waals surface area contributed by atoms with Crippen LogP contribution in [0.25, 0.3) is 0 Å². The van der Waals surface area contributed by atoms with E-state index in [0.29, 0.717) is 10.6 Å². The number of benzene rings is 4. The Balaban J connectivity index is 1.82. The molecule has 0 spiro atoms. The second kappa shape index (κ2) is 14.4. The lowest BCUT2D eigenvalue weighted by molar-refractivity contribution is -0.140. The van der Waals surface area contributed by atoms with Gasteiger partial charge in [-0.1, -0.05) is 96.5 Å². The Hall–Kier alpha value is -4.14. The third-order valence-corrected chi connectivity index (χ3v) is 9.20. The summed E-state index contributed by atoms with van der Waals surface area (Å²) in [6.45, 7) is 5.00. The van der Waals surface area contributed by atoms with Crippen molar-refractivity contribution >= 4 is 39.1 Å². The number of hydrogen-bond donors (Lipinski definition) is 1. The van der Waals surface area contributed by atoms with Gasteiger partial charge in [-0.25, -0.2) is 8.42 Å². The highest BCUT2D eigenvalue weighted by molar-refractivity contribution is 7.92. The quantitative estimate of drug-likeness (QED) is 0.211. The van der Waals surface area contributed by atoms with Gasteiger partial charge in [0.2, 0.25) is 11.8 Å². The fourth-order valence-corrected chi connectivity index (χ4v) is 6.48. The van der Waals surface area contributed by atoms with E-state index in [9.17, 15) is 18.0 Å². The number of carbonyl (C=O) groups excluding carboxylic acids is 2. The van der Waals surface area contributed by atoms with E-state index in [1.807, 2.05) is 74.5 Å². The highest BCUT2D eigenvalue weighted by atomic mass is 35.5. The molecule has 0 radical (unpaired) electrons. The van der Waals surface area contributed by atoms with E-state index in [2.05, 4.69) is 5.32 Å². The number of halogens is 1. The molecule has 0 aliphatic carbocycles. The van der Waals surface area contributed by atoms with E-state index in [1.165, 1.54) is 17.0 Å². The fourth-order valence-electron chi connectivity index (χ4n) is 4.81. The van der Waals surface area contributed by atoms with Crippen LogP contribution in [0.1, 0.15) is 30.5 Å². The molecule has 0 fully saturated rings. The molecule has 2 amide bonds. The van der Waals surface area contributed by atoms with E-state index in [4.69, 9.17) is 11.6 Å². The summed E-state index contributed by atoms with van der Waals surface area (Å²) in [7, 11) is -4.19. The van der Waals surface area contributed by atoms with Gasteiger partial charge in [0, 0.05) is 24.0 Å². The first kappa shape index (κ1) is 31.8. The number of anilines is 1. The van der Waals surface area contributed by atoms with Crippen LogP contribution in [-0.2, 0) is 32.6 Å². The summed E-state index contributed by atoms with van der Waals surface area (Å²) in [4.78, 5) is 29.7. The van der Waals surface area contributed by atoms with Gasteiger partial charge in [0.05, 0.1) is 10.6 Å². The SMILES string of the molecule is Cc1c(Cl)cccc1N(CC(=O)N(Cc1ccccc1)[C@@H](Cc1ccccc1)C(=O)NC(C)C)S(=O)(=O)c1ccccc1. The average Bonchev–Trinajstić information content (AvgIpc) is 3.00. The summed E-state index contributed by atoms with van der Waals surface area (Å²) in [6, 6.07) is 30.7. The Morgan fingerprint density at radius 1 is 0.791 bits per heavy atom. The summed E-state index contributed by atoms with van der Waals surface area (Å²) in [5.74, 6) is -0.845. The lowest BCUT2D eigenvalue weighted by atomic mass is 10.0. The van der Waals surface area contributed by atoms with E-state index < -0.39 is 28.5 Å². The van der Waals surface area contributed by atoms with Crippen molar-refractivity contribution in [2.45, 2.75) is 50.7 Å². The lowest BCUT2D eigenvalue weighted by Gasteiger charge is -2.34. The Kier molecular flexibility index (Phi) is 10.6. The van der Waals surface area contributed by atoms with Crippen molar-refractivity contribution in [1.29, 1.82) is 0 Å². The summed E-state index contributed by atoms with van der Waals surface area (Å²) in [6.07, 6.45) is 0.250. The minimum absolute atomic E-state index is 0.0372. The topological polar surface area (TPSA) is 86.8 Å². The molecule has 0 saturated carbocycles. The molecule has 7 nitrogen and oxygen atoms in total. The van der Waals surface area contributed by atoms with E-state index in [1.54, 1.807) is 43.3 Å². The van der Waals surface area contributed by atoms with Gasteiger partial charge in [-0.2, -0.15) is 0 Å². The third kappa shape index (κ3) is 8.03. The normalized spacial score (nSPS) is 12.0. The van der Waals surface area contributed by atoms with Gasteiger partial charge in [0.15, 0.2) is 0 Å². The number of amides is 2. The molecule has 4 aromatic carbocycles. The van der Waals surface area contributed by atoms with Crippen molar-refractivity contribution < 1.29 is 18.0 Å². The highest BCUT2D eigenvalue weighted by Crippen LogP contribution is 2.31. The maximum Gasteiger partial charge on any atom is 0.264 e. The molecule has 4 aromatic rings. The van der Waals surface area contributed by atoms with E-state index in [-0.39, 0.29) is 35.5 Å². The predicted octanol–water partition coefficient (Wildman–Crippen LogP) is 6.01. The van der Waals surface area contributed by atoms with Crippen LogP contribution in [0.3, 0.4) is 0 Å². The van der Waals surface area contributed by atoms with Crippen LogP contribution < -0.4 is 9.62 Å². The molecule has 0 heterocycles. The molecule has 0 aliphatic rings. The van der Waals surface area contributed by atoms with Crippen LogP contribution >= 0.6 is 11.6 Å². The van der Waals surface area contributed by atoms with Crippen LogP contribution in [-0.4, -0.2) is 43.8 Å². The van der Waals surface area contributed by atoms with Gasteiger partial charge in [0.1, 0.15) is 12.6 Å². The zero-order valence-corrected chi connectivity index (χ0v) is 26.1. The molecule has 0 saturated heterocycles. The molecule has 0 unspecified atom stereocenters. The third-order valence-electron chi connectivity index (χ3n) is 7.02. The molecule has 0 bridgehead atoms. The van der Waals surface area contributed by atoms with Crippen molar-refractivity contribution in [3.05, 3.63) is 131 Å². The van der Waals surface area contributed by atoms with Gasteiger partial charge < -0.3 is 10.2 Å². The minimum Gasteiger partial charge on any atom is -0.352 e. The monoisotopic (exact) mass is 617 g/mol. The smallest absolute Gasteiger partial charge is 0.264 e. The first-order valence-corrected chi connectivity index (χ1v) is 15.9. The molecule has 9 heteroatoms. The van der Waals surface area contributed by atoms with Gasteiger partial charge in [-0.3, -0.25) is 13.9 Å². The molecule has 0 aliphatic heterocycles. The largest absolute Gasteiger partial charge is 0.352 e. The predicted molar refractivity (Wildman–Crippen MR) is 171 cm³/mol. The molecule has 43 heavy (non-hydrogen) atoms. The standard InChI is InChI=1S/C34H36ClN3O4S/c1-25(2)36-34(40)32(22-27-14-7-4-8-15-27)37(23-28-16-9-5-10-17-28)33(39)24-38(31-21-13-20-30(35)26(31)3)43(41,42)29-18-11-6-12-19-29/h4-21,25,32H,22-24H2,1-3H3,(H,36,40)/t32-/m0/s1. The Labute approximate surface area is 259 Å². The fraction of sp³-hybridized carbons (Fsp3) is 0.235. The zero-order valence-electron chi connectivity index (χ0n) is 24.5. The van der Waals surface area contributed by atoms with E-state index >= 15 is 0 Å². The molecular formula is C34H36ClN3O4S. The first-order chi connectivity index (χ1) is 20.6. The number of carbonyl (C=O) groups is 2. The van der Waals surface area contributed by atoms with Crippen LogP contribution in [0.15, 0.2) is 114 Å². The van der Waals surface area contributed by atoms with Crippen molar-refractivity contribution in [3.63, 3.8) is 0 Å². The summed E-state index contributed by atoms with van der Waals surface area (Å²) >= 11 is 6.42. The molecule has 0 aromatic heterocycles. The maximum absolute atomic E-state index is 14.4. The zero-order chi connectivity index (χ0) is 31.0. The van der Waals surface area contributed by atoms with Crippen molar-refractivity contribution in [2.75, 3.05) is 10.8 Å². The molecule has 1 N–H and O–H groups in total. The van der Waals surface area contributed by atoms with Crippen molar-refractivity contribution in [1.82, 2.24) is 10.2 Å². The Morgan fingerprint density at radius 2 is 1.35 bits per heavy atom. The van der Waals surface area contributed by atoms with Crippen LogP contribution in [0.4, 0.5) is 5.69 Å². The van der Waals surface area contributed by atoms with Gasteiger partial charge in [-0.15, -0.1) is 0 Å². The average molecular weight is 618 g/mol. The summed E-state index contributed by atoms with van der Waals surface area (Å²) in [5.41, 5.74) is 2.49.